The first-order valence-corrected chi connectivity index (χ1v) is 8.30. The molecule has 25 heavy (non-hydrogen) atoms. The Balaban J connectivity index is 1.76. The molecule has 3 rings (SSSR count). The van der Waals surface area contributed by atoms with Gasteiger partial charge in [0.05, 0.1) is 28.8 Å². The van der Waals surface area contributed by atoms with Gasteiger partial charge in [0.15, 0.2) is 16.3 Å². The molecule has 0 radical (unpaired) electrons. The van der Waals surface area contributed by atoms with E-state index in [4.69, 9.17) is 17.0 Å². The Bertz CT molecular complexity index is 1040. The Morgan fingerprint density at radius 2 is 2.08 bits per heavy atom. The van der Waals surface area contributed by atoms with Gasteiger partial charge in [0.1, 0.15) is 0 Å². The van der Waals surface area contributed by atoms with Crippen molar-refractivity contribution in [1.82, 2.24) is 15.4 Å². The molecule has 3 aromatic rings. The predicted octanol–water partition coefficient (Wildman–Crippen LogP) is 3.47. The van der Waals surface area contributed by atoms with Gasteiger partial charge >= 0.3 is 0 Å². The summed E-state index contributed by atoms with van der Waals surface area (Å²) >= 11 is 8.28. The highest BCUT2D eigenvalue weighted by molar-refractivity contribution is 9.10. The number of amides is 1. The number of carbonyl (C=O) groups excluding carboxylic acids is 1. The molecule has 0 spiro atoms. The van der Waals surface area contributed by atoms with Gasteiger partial charge in [-0.3, -0.25) is 4.79 Å². The van der Waals surface area contributed by atoms with Crippen LogP contribution in [0.25, 0.3) is 11.0 Å². The molecule has 0 fully saturated rings. The number of hydrogen-bond donors (Lipinski definition) is 4. The third-order valence-corrected chi connectivity index (χ3v) is 4.51. The summed E-state index contributed by atoms with van der Waals surface area (Å²) in [4.78, 5) is 18.1. The number of nitrogens with zero attached hydrogens (tertiary/aromatic N) is 1. The van der Waals surface area contributed by atoms with E-state index in [2.05, 4.69) is 36.4 Å². The average Bonchev–Trinajstić information content (AvgIpc) is 2.97. The summed E-state index contributed by atoms with van der Waals surface area (Å²) in [7, 11) is 1.46. The number of benzene rings is 2. The summed E-state index contributed by atoms with van der Waals surface area (Å²) in [5, 5.41) is 13.8. The molecule has 128 valence electrons. The van der Waals surface area contributed by atoms with Crippen LogP contribution in [-0.4, -0.2) is 34.3 Å². The Labute approximate surface area is 155 Å². The van der Waals surface area contributed by atoms with E-state index in [1.165, 1.54) is 13.3 Å². The average molecular weight is 421 g/mol. The minimum Gasteiger partial charge on any atom is -0.503 e. The van der Waals surface area contributed by atoms with E-state index in [-0.39, 0.29) is 11.7 Å². The van der Waals surface area contributed by atoms with Crippen LogP contribution in [0.5, 0.6) is 11.5 Å². The third kappa shape index (κ3) is 3.57. The first-order chi connectivity index (χ1) is 12.0. The Kier molecular flexibility index (Phi) is 4.86. The fourth-order valence-electron chi connectivity index (χ4n) is 2.23. The Morgan fingerprint density at radius 1 is 1.32 bits per heavy atom. The molecular formula is C16H13BrN4O3S. The normalized spacial score (nSPS) is 11.1. The number of aromatic amines is 2. The van der Waals surface area contributed by atoms with Gasteiger partial charge in [-0.1, -0.05) is 0 Å². The molecule has 0 atom stereocenters. The minimum absolute atomic E-state index is 0.0362. The van der Waals surface area contributed by atoms with Crippen LogP contribution in [0.2, 0.25) is 0 Å². The molecule has 7 nitrogen and oxygen atoms in total. The maximum absolute atomic E-state index is 12.2. The number of aromatic nitrogens is 2. The number of hydrazone groups is 1. The number of fused-ring (bicyclic) bond motifs is 1. The van der Waals surface area contributed by atoms with Crippen LogP contribution < -0.4 is 10.2 Å². The van der Waals surface area contributed by atoms with E-state index in [0.717, 1.165) is 11.0 Å². The van der Waals surface area contributed by atoms with Crippen molar-refractivity contribution < 1.29 is 14.6 Å². The molecular weight excluding hydrogens is 408 g/mol. The molecule has 1 heterocycles. The first-order valence-electron chi connectivity index (χ1n) is 7.10. The summed E-state index contributed by atoms with van der Waals surface area (Å²) in [6.07, 6.45) is 1.42. The van der Waals surface area contributed by atoms with E-state index in [9.17, 15) is 9.90 Å². The van der Waals surface area contributed by atoms with Crippen LogP contribution in [0.15, 0.2) is 39.9 Å². The fraction of sp³-hybridized carbons (Fsp3) is 0.0625. The van der Waals surface area contributed by atoms with Crippen LogP contribution in [0.4, 0.5) is 0 Å². The summed E-state index contributed by atoms with van der Waals surface area (Å²) in [6, 6.07) is 8.41. The number of aromatic hydroxyl groups is 1. The topological polar surface area (TPSA) is 102 Å². The second-order valence-electron chi connectivity index (χ2n) is 5.06. The molecule has 0 saturated carbocycles. The van der Waals surface area contributed by atoms with E-state index in [1.54, 1.807) is 30.3 Å². The van der Waals surface area contributed by atoms with Gasteiger partial charge in [0, 0.05) is 11.1 Å². The van der Waals surface area contributed by atoms with Crippen molar-refractivity contribution in [3.8, 4) is 11.5 Å². The highest BCUT2D eigenvalue weighted by atomic mass is 79.9. The molecule has 0 saturated heterocycles. The smallest absolute Gasteiger partial charge is 0.271 e. The number of phenolic OH excluding ortho intramolecular Hbond substituents is 1. The number of hydrogen-bond acceptors (Lipinski definition) is 5. The molecule has 0 aliphatic heterocycles. The zero-order chi connectivity index (χ0) is 18.0. The quantitative estimate of drug-likeness (QED) is 0.294. The summed E-state index contributed by atoms with van der Waals surface area (Å²) in [5.74, 6) is -0.0660. The SMILES string of the molecule is COc1ccc(/C=N\NC(=O)c2ccc3[nH]c(=S)[nH]c3c2)c(Br)c1O. The molecule has 1 amide bonds. The van der Waals surface area contributed by atoms with Gasteiger partial charge in [-0.15, -0.1) is 0 Å². The Hall–Kier alpha value is -2.65. The minimum atomic E-state index is -0.368. The van der Waals surface area contributed by atoms with Crippen LogP contribution in [0.1, 0.15) is 15.9 Å². The van der Waals surface area contributed by atoms with Crippen molar-refractivity contribution in [2.24, 2.45) is 5.10 Å². The van der Waals surface area contributed by atoms with Crippen LogP contribution in [-0.2, 0) is 0 Å². The number of carbonyl (C=O) groups is 1. The van der Waals surface area contributed by atoms with Crippen molar-refractivity contribution >= 4 is 51.3 Å². The molecule has 1 aromatic heterocycles. The van der Waals surface area contributed by atoms with Crippen molar-refractivity contribution in [3.05, 3.63) is 50.7 Å². The van der Waals surface area contributed by atoms with Gasteiger partial charge < -0.3 is 19.8 Å². The molecule has 0 bridgehead atoms. The van der Waals surface area contributed by atoms with Crippen molar-refractivity contribution in [2.45, 2.75) is 0 Å². The number of phenols is 1. The molecule has 0 aliphatic rings. The fourth-order valence-corrected chi connectivity index (χ4v) is 2.88. The number of imidazole rings is 1. The lowest BCUT2D eigenvalue weighted by molar-refractivity contribution is 0.0955. The summed E-state index contributed by atoms with van der Waals surface area (Å²) in [5.41, 5.74) is 5.03. The molecule has 4 N–H and O–H groups in total. The number of ether oxygens (including phenoxy) is 1. The highest BCUT2D eigenvalue weighted by Gasteiger charge is 2.10. The lowest BCUT2D eigenvalue weighted by atomic mass is 10.2. The van der Waals surface area contributed by atoms with Gasteiger partial charge in [-0.25, -0.2) is 5.43 Å². The lowest BCUT2D eigenvalue weighted by Crippen LogP contribution is -2.17. The van der Waals surface area contributed by atoms with Crippen molar-refractivity contribution in [3.63, 3.8) is 0 Å². The largest absolute Gasteiger partial charge is 0.503 e. The number of rotatable bonds is 4. The van der Waals surface area contributed by atoms with Crippen molar-refractivity contribution in [1.29, 1.82) is 0 Å². The van der Waals surface area contributed by atoms with Gasteiger partial charge in [0.2, 0.25) is 0 Å². The van der Waals surface area contributed by atoms with Gasteiger partial charge in [-0.2, -0.15) is 5.10 Å². The summed E-state index contributed by atoms with van der Waals surface area (Å²) < 4.78 is 5.93. The first kappa shape index (κ1) is 17.2. The monoisotopic (exact) mass is 420 g/mol. The molecule has 9 heteroatoms. The van der Waals surface area contributed by atoms with Crippen molar-refractivity contribution in [2.75, 3.05) is 7.11 Å². The van der Waals surface area contributed by atoms with E-state index in [1.807, 2.05) is 0 Å². The third-order valence-electron chi connectivity index (χ3n) is 3.48. The zero-order valence-corrected chi connectivity index (χ0v) is 15.4. The lowest BCUT2D eigenvalue weighted by Gasteiger charge is -2.07. The second kappa shape index (κ2) is 7.08. The van der Waals surface area contributed by atoms with E-state index in [0.29, 0.717) is 26.1 Å². The van der Waals surface area contributed by atoms with Crippen LogP contribution in [0, 0.1) is 4.77 Å². The second-order valence-corrected chi connectivity index (χ2v) is 6.26. The van der Waals surface area contributed by atoms with Gasteiger partial charge in [-0.05, 0) is 58.5 Å². The number of halogens is 1. The summed E-state index contributed by atoms with van der Waals surface area (Å²) in [6.45, 7) is 0. The number of H-pyrrole nitrogens is 2. The number of nitrogens with one attached hydrogen (secondary N) is 3. The Morgan fingerprint density at radius 3 is 2.84 bits per heavy atom. The van der Waals surface area contributed by atoms with Crippen LogP contribution in [0.3, 0.4) is 0 Å². The zero-order valence-electron chi connectivity index (χ0n) is 13.0. The van der Waals surface area contributed by atoms with E-state index >= 15 is 0 Å². The highest BCUT2D eigenvalue weighted by Crippen LogP contribution is 2.35. The van der Waals surface area contributed by atoms with E-state index < -0.39 is 0 Å². The molecule has 0 aliphatic carbocycles. The van der Waals surface area contributed by atoms with Crippen LogP contribution >= 0.6 is 28.1 Å². The molecule has 2 aromatic carbocycles. The molecule has 0 unspecified atom stereocenters. The standard InChI is InChI=1S/C16H13BrN4O3S/c1-24-12-5-3-9(13(17)14(12)22)7-18-21-15(23)8-2-4-10-11(6-8)20-16(25)19-10/h2-7,22H,1H3,(H,21,23)(H2,19,20,25)/b18-7-. The predicted molar refractivity (Wildman–Crippen MR) is 101 cm³/mol. The maximum atomic E-state index is 12.2. The maximum Gasteiger partial charge on any atom is 0.271 e. The van der Waals surface area contributed by atoms with Gasteiger partial charge in [0.25, 0.3) is 5.91 Å². The number of methoxy groups -OCH3 is 1.